The number of nitrogens with zero attached hydrogens (tertiary/aromatic N) is 4. The number of hydrogen-bond donors (Lipinski definition) is 2. The number of imidazole rings is 1. The number of nitrogens with one attached hydrogen (secondary N) is 2. The number of aromatic amines is 2. The summed E-state index contributed by atoms with van der Waals surface area (Å²) in [5.74, 6) is 0.456. The largest absolute Gasteiger partial charge is 0.337 e. The van der Waals surface area contributed by atoms with Crippen LogP contribution in [-0.2, 0) is 6.54 Å². The summed E-state index contributed by atoms with van der Waals surface area (Å²) in [6.07, 6.45) is 6.33. The van der Waals surface area contributed by atoms with Gasteiger partial charge in [-0.25, -0.2) is 9.37 Å². The van der Waals surface area contributed by atoms with Crippen LogP contribution in [0.2, 0.25) is 0 Å². The predicted molar refractivity (Wildman–Crippen MR) is 127 cm³/mol. The molecular weight excluding hydrogens is 415 g/mol. The second-order valence-corrected chi connectivity index (χ2v) is 8.53. The van der Waals surface area contributed by atoms with E-state index in [0.717, 1.165) is 58.7 Å². The normalized spacial score (nSPS) is 14.3. The zero-order valence-electron chi connectivity index (χ0n) is 18.1. The van der Waals surface area contributed by atoms with Gasteiger partial charge in [0.25, 0.3) is 0 Å². The van der Waals surface area contributed by atoms with Gasteiger partial charge in [0, 0.05) is 30.1 Å². The van der Waals surface area contributed by atoms with E-state index >= 15 is 0 Å². The van der Waals surface area contributed by atoms with Crippen LogP contribution in [0.5, 0.6) is 0 Å². The second-order valence-electron chi connectivity index (χ2n) is 8.53. The fourth-order valence-corrected chi connectivity index (χ4v) is 4.53. The standard InChI is InChI=1S/C26H23FN6/c27-20-8-6-18(7-9-20)21-4-3-5-22-25(21)30-26(29-22)24-13-23(31-32-24)19-12-17(14-28-15-19)16-33-10-1-2-11-33/h3-9,12-15H,1-2,10-11,16H2,(H,29,30)(H,31,32). The molecule has 0 radical (unpaired) electrons. The number of halogens is 1. The Labute approximate surface area is 190 Å². The highest BCUT2D eigenvalue weighted by atomic mass is 19.1. The van der Waals surface area contributed by atoms with Crippen LogP contribution in [0.3, 0.4) is 0 Å². The molecule has 0 bridgehead atoms. The van der Waals surface area contributed by atoms with E-state index in [2.05, 4.69) is 31.1 Å². The molecule has 164 valence electrons. The summed E-state index contributed by atoms with van der Waals surface area (Å²) in [5, 5.41) is 7.63. The molecular formula is C26H23FN6. The van der Waals surface area contributed by atoms with Gasteiger partial charge in [-0.05, 0) is 67.4 Å². The van der Waals surface area contributed by atoms with Crippen molar-refractivity contribution in [2.75, 3.05) is 13.1 Å². The molecule has 7 heteroatoms. The van der Waals surface area contributed by atoms with Crippen molar-refractivity contribution in [1.82, 2.24) is 30.0 Å². The van der Waals surface area contributed by atoms with Crippen molar-refractivity contribution in [3.05, 3.63) is 78.4 Å². The predicted octanol–water partition coefficient (Wildman–Crippen LogP) is 5.42. The molecule has 0 spiro atoms. The van der Waals surface area contributed by atoms with E-state index in [0.29, 0.717) is 5.82 Å². The molecule has 1 fully saturated rings. The third-order valence-corrected chi connectivity index (χ3v) is 6.20. The highest BCUT2D eigenvalue weighted by Gasteiger charge is 2.15. The summed E-state index contributed by atoms with van der Waals surface area (Å²) < 4.78 is 13.4. The van der Waals surface area contributed by atoms with E-state index in [-0.39, 0.29) is 5.82 Å². The van der Waals surface area contributed by atoms with Gasteiger partial charge in [0.05, 0.1) is 16.7 Å². The summed E-state index contributed by atoms with van der Waals surface area (Å²) in [5.41, 5.74) is 7.45. The number of hydrogen-bond acceptors (Lipinski definition) is 4. The van der Waals surface area contributed by atoms with Gasteiger partial charge in [-0.2, -0.15) is 5.10 Å². The van der Waals surface area contributed by atoms with Gasteiger partial charge in [-0.1, -0.05) is 24.3 Å². The van der Waals surface area contributed by atoms with E-state index in [9.17, 15) is 4.39 Å². The van der Waals surface area contributed by atoms with E-state index in [1.807, 2.05) is 36.7 Å². The van der Waals surface area contributed by atoms with E-state index in [4.69, 9.17) is 4.98 Å². The molecule has 33 heavy (non-hydrogen) atoms. The molecule has 0 aliphatic carbocycles. The van der Waals surface area contributed by atoms with Crippen LogP contribution in [0.4, 0.5) is 4.39 Å². The van der Waals surface area contributed by atoms with Gasteiger partial charge >= 0.3 is 0 Å². The smallest absolute Gasteiger partial charge is 0.156 e. The van der Waals surface area contributed by atoms with Crippen LogP contribution >= 0.6 is 0 Å². The molecule has 0 saturated carbocycles. The van der Waals surface area contributed by atoms with Crippen LogP contribution in [0, 0.1) is 5.82 Å². The van der Waals surface area contributed by atoms with Gasteiger partial charge in [0.15, 0.2) is 5.82 Å². The van der Waals surface area contributed by atoms with Crippen molar-refractivity contribution < 1.29 is 4.39 Å². The Morgan fingerprint density at radius 3 is 2.64 bits per heavy atom. The first-order valence-electron chi connectivity index (χ1n) is 11.2. The average molecular weight is 439 g/mol. The van der Waals surface area contributed by atoms with Crippen LogP contribution < -0.4 is 0 Å². The summed E-state index contributed by atoms with van der Waals surface area (Å²) in [6, 6.07) is 16.6. The number of fused-ring (bicyclic) bond motifs is 1. The first-order chi connectivity index (χ1) is 16.2. The van der Waals surface area contributed by atoms with Crippen molar-refractivity contribution in [1.29, 1.82) is 0 Å². The Morgan fingerprint density at radius 1 is 0.939 bits per heavy atom. The molecule has 1 aliphatic rings. The quantitative estimate of drug-likeness (QED) is 0.384. The second kappa shape index (κ2) is 8.26. The van der Waals surface area contributed by atoms with Gasteiger partial charge in [-0.3, -0.25) is 15.0 Å². The molecule has 5 aromatic rings. The fourth-order valence-electron chi connectivity index (χ4n) is 4.53. The zero-order chi connectivity index (χ0) is 22.2. The maximum Gasteiger partial charge on any atom is 0.156 e. The Kier molecular flexibility index (Phi) is 4.96. The summed E-state index contributed by atoms with van der Waals surface area (Å²) in [7, 11) is 0. The first kappa shape index (κ1) is 19.8. The molecule has 6 nitrogen and oxygen atoms in total. The minimum absolute atomic E-state index is 0.252. The molecule has 1 saturated heterocycles. The number of aromatic nitrogens is 5. The lowest BCUT2D eigenvalue weighted by Crippen LogP contribution is -2.18. The summed E-state index contributed by atoms with van der Waals surface area (Å²) >= 11 is 0. The number of para-hydroxylation sites is 1. The SMILES string of the molecule is Fc1ccc(-c2cccc3[nH]c(-c4cc(-c5cncc(CN6CCCC6)c5)n[nH]4)nc23)cc1. The van der Waals surface area contributed by atoms with Gasteiger partial charge in [0.1, 0.15) is 11.5 Å². The molecule has 1 aliphatic heterocycles. The lowest BCUT2D eigenvalue weighted by atomic mass is 10.0. The van der Waals surface area contributed by atoms with Crippen LogP contribution in [0.1, 0.15) is 18.4 Å². The minimum atomic E-state index is -0.252. The number of likely N-dealkylation sites (tertiary alicyclic amines) is 1. The molecule has 2 aromatic carbocycles. The Morgan fingerprint density at radius 2 is 1.79 bits per heavy atom. The highest BCUT2D eigenvalue weighted by Crippen LogP contribution is 2.30. The van der Waals surface area contributed by atoms with Crippen LogP contribution in [0.25, 0.3) is 44.9 Å². The lowest BCUT2D eigenvalue weighted by molar-refractivity contribution is 0.331. The first-order valence-corrected chi connectivity index (χ1v) is 11.2. The van der Waals surface area contributed by atoms with Gasteiger partial charge in [0.2, 0.25) is 0 Å². The topological polar surface area (TPSA) is 73.5 Å². The third-order valence-electron chi connectivity index (χ3n) is 6.20. The van der Waals surface area contributed by atoms with E-state index in [1.165, 1.54) is 30.5 Å². The van der Waals surface area contributed by atoms with Gasteiger partial charge in [-0.15, -0.1) is 0 Å². The molecule has 4 heterocycles. The van der Waals surface area contributed by atoms with Crippen LogP contribution in [0.15, 0.2) is 67.0 Å². The highest BCUT2D eigenvalue weighted by molar-refractivity contribution is 5.93. The number of pyridine rings is 1. The molecule has 6 rings (SSSR count). The zero-order valence-corrected chi connectivity index (χ0v) is 18.1. The molecule has 3 aromatic heterocycles. The average Bonchev–Trinajstić information content (AvgIpc) is 3.60. The number of H-pyrrole nitrogens is 2. The van der Waals surface area contributed by atoms with Crippen molar-refractivity contribution in [3.63, 3.8) is 0 Å². The summed E-state index contributed by atoms with van der Waals surface area (Å²) in [6.45, 7) is 3.24. The molecule has 0 atom stereocenters. The molecule has 0 unspecified atom stereocenters. The maximum atomic E-state index is 13.4. The van der Waals surface area contributed by atoms with Crippen molar-refractivity contribution in [3.8, 4) is 33.9 Å². The van der Waals surface area contributed by atoms with Gasteiger partial charge < -0.3 is 4.98 Å². The van der Waals surface area contributed by atoms with E-state index < -0.39 is 0 Å². The maximum absolute atomic E-state index is 13.4. The third kappa shape index (κ3) is 3.91. The summed E-state index contributed by atoms with van der Waals surface area (Å²) in [4.78, 5) is 15.1. The Balaban J connectivity index is 1.31. The minimum Gasteiger partial charge on any atom is -0.337 e. The van der Waals surface area contributed by atoms with E-state index in [1.54, 1.807) is 12.1 Å². The molecule has 2 N–H and O–H groups in total. The Hall–Kier alpha value is -3.84. The number of rotatable bonds is 5. The Bertz CT molecular complexity index is 1410. The lowest BCUT2D eigenvalue weighted by Gasteiger charge is -2.14. The monoisotopic (exact) mass is 438 g/mol. The van der Waals surface area contributed by atoms with Crippen LogP contribution in [-0.4, -0.2) is 43.1 Å². The fraction of sp³-hybridized carbons (Fsp3) is 0.192. The number of benzene rings is 2. The van der Waals surface area contributed by atoms with Crippen molar-refractivity contribution >= 4 is 11.0 Å². The molecule has 0 amide bonds. The van der Waals surface area contributed by atoms with Crippen molar-refractivity contribution in [2.45, 2.75) is 19.4 Å². The van der Waals surface area contributed by atoms with Crippen molar-refractivity contribution in [2.24, 2.45) is 0 Å².